The Balaban J connectivity index is 1.40. The molecule has 336 valence electrons. The number of unbranched alkanes of at least 4 members (excludes halogenated alkanes) is 1. The van der Waals surface area contributed by atoms with Crippen LogP contribution in [0.15, 0.2) is 30.5 Å². The van der Waals surface area contributed by atoms with Crippen molar-refractivity contribution in [3.8, 4) is 11.3 Å². The molecule has 1 aromatic carbocycles. The number of nitrogens with two attached hydrogens (primary N) is 1. The molecule has 0 radical (unpaired) electrons. The fourth-order valence-corrected chi connectivity index (χ4v) is 9.46. The van der Waals surface area contributed by atoms with Gasteiger partial charge in [0.1, 0.15) is 17.9 Å². The van der Waals surface area contributed by atoms with E-state index < -0.39 is 77.3 Å². The van der Waals surface area contributed by atoms with Crippen molar-refractivity contribution in [1.29, 1.82) is 0 Å². The SMILES string of the molecule is CC[C@H]1OC(=O)C(C)(F)C(=O)[C@H](C)[C@@H](O[C@@H]2O[C@H](C)CC(N(C)C)C2O)[C@](C)(OC)C[C@@H](C)CN[C@H](C)[C@H]2N(CCCCn3cc(-c4cccc(N)c4)nn3)C(=O)O[C@]12C. The number of aliphatic hydroxyl groups excluding tert-OH is 1. The van der Waals surface area contributed by atoms with Gasteiger partial charge in [-0.05, 0) is 105 Å². The summed E-state index contributed by atoms with van der Waals surface area (Å²) >= 11 is 0. The largest absolute Gasteiger partial charge is 0.455 e. The van der Waals surface area contributed by atoms with Crippen molar-refractivity contribution in [3.63, 3.8) is 0 Å². The zero-order valence-corrected chi connectivity index (χ0v) is 37.2. The molecule has 0 saturated carbocycles. The minimum Gasteiger partial charge on any atom is -0.455 e. The van der Waals surface area contributed by atoms with Crippen LogP contribution in [0.2, 0.25) is 0 Å². The average molecular weight is 846 g/mol. The van der Waals surface area contributed by atoms with E-state index in [9.17, 15) is 19.5 Å². The second kappa shape index (κ2) is 19.1. The van der Waals surface area contributed by atoms with E-state index in [1.165, 1.54) is 14.0 Å². The van der Waals surface area contributed by atoms with E-state index in [-0.39, 0.29) is 24.5 Å². The molecule has 60 heavy (non-hydrogen) atoms. The molecule has 17 heteroatoms. The zero-order chi connectivity index (χ0) is 44.3. The monoisotopic (exact) mass is 846 g/mol. The first kappa shape index (κ1) is 47.3. The summed E-state index contributed by atoms with van der Waals surface area (Å²) in [6.07, 6.45) is -1.26. The Morgan fingerprint density at radius 3 is 2.45 bits per heavy atom. The molecule has 4 heterocycles. The summed E-state index contributed by atoms with van der Waals surface area (Å²) in [5.41, 5.74) is 2.37. The van der Waals surface area contributed by atoms with Gasteiger partial charge in [0.2, 0.25) is 0 Å². The lowest BCUT2D eigenvalue weighted by Gasteiger charge is -2.47. The number of nitrogens with zero attached hydrogens (tertiary/aromatic N) is 5. The molecule has 0 spiro atoms. The fraction of sp³-hybridized carbons (Fsp3) is 0.744. The molecule has 3 aliphatic rings. The Morgan fingerprint density at radius 1 is 1.10 bits per heavy atom. The number of halogens is 1. The predicted octanol–water partition coefficient (Wildman–Crippen LogP) is 4.38. The summed E-state index contributed by atoms with van der Waals surface area (Å²) in [5.74, 6) is -3.86. The van der Waals surface area contributed by atoms with Crippen LogP contribution in [0, 0.1) is 11.8 Å². The number of amides is 1. The number of ether oxygens (including phenoxy) is 5. The van der Waals surface area contributed by atoms with E-state index in [0.717, 1.165) is 12.5 Å². The molecule has 1 aromatic heterocycles. The van der Waals surface area contributed by atoms with Crippen LogP contribution in [0.1, 0.15) is 87.5 Å². The maximum Gasteiger partial charge on any atom is 0.410 e. The van der Waals surface area contributed by atoms with Crippen LogP contribution < -0.4 is 11.1 Å². The number of aromatic nitrogens is 3. The van der Waals surface area contributed by atoms with E-state index in [2.05, 4.69) is 15.6 Å². The highest BCUT2D eigenvalue weighted by atomic mass is 19.1. The Morgan fingerprint density at radius 2 is 1.80 bits per heavy atom. The normalized spacial score (nSPS) is 37.3. The molecule has 3 saturated heterocycles. The van der Waals surface area contributed by atoms with Crippen LogP contribution in [0.25, 0.3) is 11.3 Å². The van der Waals surface area contributed by atoms with Crippen LogP contribution >= 0.6 is 0 Å². The van der Waals surface area contributed by atoms with Crippen molar-refractivity contribution < 1.29 is 47.6 Å². The number of esters is 1. The Hall–Kier alpha value is -3.74. The molecule has 5 rings (SSSR count). The third kappa shape index (κ3) is 9.97. The predicted molar refractivity (Wildman–Crippen MR) is 222 cm³/mol. The number of carbonyl (C=O) groups is 3. The van der Waals surface area contributed by atoms with Gasteiger partial charge in [0.25, 0.3) is 5.67 Å². The standard InChI is InChI=1S/C43H68FN7O9/c1-12-33-43(8)35(51(40(55)60-43)19-14-13-18-50-24-31(47-48-50)29-16-15-17-30(45)21-29)28(5)46-23-25(2)22-41(6,56-11)37(27(4)36(53)42(7,44)39(54)58-33)59-38-34(52)32(49(9)10)20-26(3)57-38/h15-17,21,24-28,32-35,37-38,46,52H,12-14,18-20,22-23,45H2,1-11H3/t25-,26-,27+,28-,32?,33-,34?,35-,37-,38+,41-,42?,43-/m1/s1. The first-order valence-electron chi connectivity index (χ1n) is 21.3. The average Bonchev–Trinajstić information content (AvgIpc) is 3.77. The van der Waals surface area contributed by atoms with Gasteiger partial charge in [0.15, 0.2) is 17.7 Å². The second-order valence-electron chi connectivity index (χ2n) is 18.0. The maximum atomic E-state index is 17.0. The maximum absolute atomic E-state index is 17.0. The van der Waals surface area contributed by atoms with Crippen molar-refractivity contribution in [2.75, 3.05) is 40.0 Å². The lowest BCUT2D eigenvalue weighted by atomic mass is 9.78. The number of methoxy groups -OCH3 is 1. The highest BCUT2D eigenvalue weighted by Crippen LogP contribution is 2.41. The number of nitrogens with one attached hydrogen (secondary N) is 1. The number of hydrogen-bond acceptors (Lipinski definition) is 14. The van der Waals surface area contributed by atoms with Gasteiger partial charge in [-0.2, -0.15) is 0 Å². The molecule has 3 aliphatic heterocycles. The summed E-state index contributed by atoms with van der Waals surface area (Å²) < 4.78 is 49.6. The molecule has 2 aromatic rings. The Bertz CT molecular complexity index is 1800. The molecule has 1 amide bonds. The van der Waals surface area contributed by atoms with E-state index in [0.29, 0.717) is 56.7 Å². The van der Waals surface area contributed by atoms with Gasteiger partial charge >= 0.3 is 12.1 Å². The summed E-state index contributed by atoms with van der Waals surface area (Å²) in [4.78, 5) is 45.6. The van der Waals surface area contributed by atoms with Gasteiger partial charge < -0.3 is 44.7 Å². The number of benzene rings is 1. The van der Waals surface area contributed by atoms with Gasteiger partial charge in [-0.15, -0.1) is 5.10 Å². The number of alkyl halides is 1. The van der Waals surface area contributed by atoms with Crippen molar-refractivity contribution in [2.24, 2.45) is 11.8 Å². The first-order chi connectivity index (χ1) is 28.2. The Labute approximate surface area is 353 Å². The van der Waals surface area contributed by atoms with Gasteiger partial charge in [0, 0.05) is 49.5 Å². The summed E-state index contributed by atoms with van der Waals surface area (Å²) in [5, 5.41) is 23.6. The molecule has 16 nitrogen and oxygen atoms in total. The molecule has 3 fully saturated rings. The van der Waals surface area contributed by atoms with Gasteiger partial charge in [-0.1, -0.05) is 38.1 Å². The summed E-state index contributed by atoms with van der Waals surface area (Å²) in [6.45, 7) is 14.8. The van der Waals surface area contributed by atoms with Crippen LogP contribution in [0.4, 0.5) is 14.9 Å². The minimum absolute atomic E-state index is 0.115. The number of aliphatic hydroxyl groups is 1. The molecule has 0 bridgehead atoms. The zero-order valence-electron chi connectivity index (χ0n) is 37.2. The molecule has 3 unspecified atom stereocenters. The van der Waals surface area contributed by atoms with Crippen LogP contribution in [-0.4, -0.2) is 148 Å². The van der Waals surface area contributed by atoms with Crippen LogP contribution in [-0.2, 0) is 39.8 Å². The summed E-state index contributed by atoms with van der Waals surface area (Å²) in [6, 6.07) is 6.06. The van der Waals surface area contributed by atoms with Gasteiger partial charge in [-0.25, -0.2) is 14.0 Å². The van der Waals surface area contributed by atoms with Crippen LogP contribution in [0.3, 0.4) is 0 Å². The fourth-order valence-electron chi connectivity index (χ4n) is 9.46. The highest BCUT2D eigenvalue weighted by Gasteiger charge is 2.60. The van der Waals surface area contributed by atoms with Gasteiger partial charge in [0.05, 0.1) is 30.0 Å². The minimum atomic E-state index is -3.13. The van der Waals surface area contributed by atoms with Crippen LogP contribution in [0.5, 0.6) is 0 Å². The number of cyclic esters (lactones) is 1. The lowest BCUT2D eigenvalue weighted by Crippen LogP contribution is -2.61. The number of hydrogen-bond donors (Lipinski definition) is 3. The molecular formula is C43H68FN7O9. The lowest BCUT2D eigenvalue weighted by molar-refractivity contribution is -0.295. The number of likely N-dealkylation sites (N-methyl/N-ethyl adjacent to an activating group) is 1. The van der Waals surface area contributed by atoms with Crippen molar-refractivity contribution >= 4 is 23.5 Å². The van der Waals surface area contributed by atoms with Crippen molar-refractivity contribution in [2.45, 2.75) is 160 Å². The quantitative estimate of drug-likeness (QED) is 0.125. The van der Waals surface area contributed by atoms with E-state index >= 15 is 4.39 Å². The number of aryl methyl sites for hydroxylation is 1. The van der Waals surface area contributed by atoms with E-state index in [4.69, 9.17) is 29.4 Å². The molecule has 4 N–H and O–H groups in total. The highest BCUT2D eigenvalue weighted by molar-refractivity contribution is 6.07. The third-order valence-electron chi connectivity index (χ3n) is 12.8. The smallest absolute Gasteiger partial charge is 0.410 e. The topological polar surface area (TPSA) is 193 Å². The number of rotatable bonds is 11. The second-order valence-corrected chi connectivity index (χ2v) is 18.0. The van der Waals surface area contributed by atoms with Gasteiger partial charge in [-0.3, -0.25) is 14.4 Å². The molecule has 13 atom stereocenters. The number of fused-ring (bicyclic) bond motifs is 1. The van der Waals surface area contributed by atoms with Crippen molar-refractivity contribution in [1.82, 2.24) is 30.1 Å². The van der Waals surface area contributed by atoms with E-state index in [1.807, 2.05) is 64.2 Å². The third-order valence-corrected chi connectivity index (χ3v) is 12.8. The Kier molecular flexibility index (Phi) is 15.1. The summed E-state index contributed by atoms with van der Waals surface area (Å²) in [7, 11) is 5.20. The molecule has 0 aliphatic carbocycles. The number of Topliss-reactive ketones (excluding diaryl/α,β-unsaturated/α-hetero) is 1. The molecular weight excluding hydrogens is 778 g/mol. The number of ketones is 1. The number of carbonyl (C=O) groups excluding carboxylic acids is 3. The first-order valence-corrected chi connectivity index (χ1v) is 21.3. The van der Waals surface area contributed by atoms with E-state index in [1.54, 1.807) is 36.4 Å². The number of nitrogen functional groups attached to an aromatic ring is 1. The van der Waals surface area contributed by atoms with Crippen molar-refractivity contribution in [3.05, 3.63) is 30.5 Å². The number of anilines is 1.